The van der Waals surface area contributed by atoms with E-state index in [0.717, 1.165) is 56.5 Å². The molecule has 8 rings (SSSR count). The number of rotatable bonds is 11. The van der Waals surface area contributed by atoms with Crippen molar-refractivity contribution in [2.75, 3.05) is 93.4 Å². The summed E-state index contributed by atoms with van der Waals surface area (Å²) in [5.74, 6) is 3.57. The molecule has 2 aromatic heterocycles. The lowest BCUT2D eigenvalue weighted by Crippen LogP contribution is -2.40. The molecule has 0 unspecified atom stereocenters. The zero-order valence-electron chi connectivity index (χ0n) is 33.0. The van der Waals surface area contributed by atoms with E-state index >= 15 is 0 Å². The van der Waals surface area contributed by atoms with Gasteiger partial charge in [-0.05, 0) is 84.7 Å². The molecule has 1 N–H and O–H groups in total. The highest BCUT2D eigenvalue weighted by atomic mass is 32.1. The van der Waals surface area contributed by atoms with Crippen molar-refractivity contribution in [1.82, 2.24) is 24.8 Å². The number of methoxy groups -OCH3 is 2. The summed E-state index contributed by atoms with van der Waals surface area (Å²) in [7, 11) is 3.33. The smallest absolute Gasteiger partial charge is 0.254 e. The quantitative estimate of drug-likeness (QED) is 0.168. The molecule has 0 atom stereocenters. The van der Waals surface area contributed by atoms with Crippen LogP contribution in [0.15, 0.2) is 79.1 Å². The molecule has 0 saturated carbocycles. The summed E-state index contributed by atoms with van der Waals surface area (Å²) in [6, 6.07) is 21.8. The van der Waals surface area contributed by atoms with Gasteiger partial charge in [-0.3, -0.25) is 4.79 Å². The van der Waals surface area contributed by atoms with Crippen molar-refractivity contribution in [3.8, 4) is 22.8 Å². The molecule has 2 fully saturated rings. The summed E-state index contributed by atoms with van der Waals surface area (Å²) in [4.78, 5) is 41.5. The van der Waals surface area contributed by atoms with E-state index < -0.39 is 0 Å². The Balaban J connectivity index is 1.07. The van der Waals surface area contributed by atoms with Crippen LogP contribution in [0, 0.1) is 6.92 Å². The van der Waals surface area contributed by atoms with Crippen LogP contribution in [0.2, 0.25) is 0 Å². The minimum Gasteiger partial charge on any atom is -0.497 e. The molecule has 0 aliphatic carbocycles. The SMILES string of the molecule is COc1ccc(CN(Cc2ccc(OC)cc2)c2ncc(-c3nc(N4CCOCC4)nc4c3CCN4C(=S)Nc3ccc(C(=O)N4CCOCC4)cc3C)cn2)cc1. The second-order valence-electron chi connectivity index (χ2n) is 14.4. The van der Waals surface area contributed by atoms with Gasteiger partial charge in [0.15, 0.2) is 5.11 Å². The fourth-order valence-electron chi connectivity index (χ4n) is 7.36. The van der Waals surface area contributed by atoms with E-state index in [1.165, 1.54) is 0 Å². The summed E-state index contributed by atoms with van der Waals surface area (Å²) in [6.07, 6.45) is 4.39. The maximum atomic E-state index is 13.2. The Morgan fingerprint density at radius 2 is 1.41 bits per heavy atom. The second-order valence-corrected chi connectivity index (χ2v) is 14.8. The number of anilines is 4. The van der Waals surface area contributed by atoms with Gasteiger partial charge in [0, 0.05) is 80.6 Å². The number of aromatic nitrogens is 4. The number of nitrogens with one attached hydrogen (secondary N) is 1. The number of hydrogen-bond acceptors (Lipinski definition) is 12. The van der Waals surface area contributed by atoms with Crippen LogP contribution in [0.25, 0.3) is 11.3 Å². The molecule has 1 amide bonds. The van der Waals surface area contributed by atoms with Gasteiger partial charge in [-0.15, -0.1) is 0 Å². The summed E-state index contributed by atoms with van der Waals surface area (Å²) in [5, 5.41) is 3.96. The molecule has 3 aliphatic heterocycles. The van der Waals surface area contributed by atoms with Crippen LogP contribution in [0.5, 0.6) is 11.5 Å². The molecule has 58 heavy (non-hydrogen) atoms. The minimum atomic E-state index is 0.00747. The van der Waals surface area contributed by atoms with Gasteiger partial charge in [0.1, 0.15) is 17.3 Å². The molecular weight excluding hydrogens is 755 g/mol. The van der Waals surface area contributed by atoms with Crippen LogP contribution in [-0.2, 0) is 29.0 Å². The van der Waals surface area contributed by atoms with Gasteiger partial charge in [-0.2, -0.15) is 4.98 Å². The number of amides is 1. The van der Waals surface area contributed by atoms with E-state index in [-0.39, 0.29) is 5.91 Å². The number of fused-ring (bicyclic) bond motifs is 1. The predicted octanol–water partition coefficient (Wildman–Crippen LogP) is 5.53. The van der Waals surface area contributed by atoms with Crippen LogP contribution in [0.1, 0.15) is 32.6 Å². The number of nitrogens with zero attached hydrogens (tertiary/aromatic N) is 8. The molecule has 300 valence electrons. The standard InChI is InChI=1S/C43H47N9O5S/c1-29-24-32(40(53)49-16-20-56-21-17-49)8-13-37(29)46-43(58)52-15-14-36-38(47-42(48-39(36)52)50-18-22-57-23-19-50)33-25-44-41(45-26-33)51(27-30-4-9-34(54-2)10-5-30)28-31-6-11-35(55-3)12-7-31/h4-13,24-26H,14-23,27-28H2,1-3H3,(H,46,58). The monoisotopic (exact) mass is 801 g/mol. The summed E-state index contributed by atoms with van der Waals surface area (Å²) >= 11 is 6.05. The lowest BCUT2D eigenvalue weighted by Gasteiger charge is -2.29. The van der Waals surface area contributed by atoms with Crippen LogP contribution in [0.3, 0.4) is 0 Å². The third-order valence-electron chi connectivity index (χ3n) is 10.6. The van der Waals surface area contributed by atoms with Gasteiger partial charge in [-0.25, -0.2) is 15.0 Å². The molecular formula is C43H47N9O5S. The Hall–Kier alpha value is -5.90. The molecule has 5 aromatic rings. The third-order valence-corrected chi connectivity index (χ3v) is 10.9. The lowest BCUT2D eigenvalue weighted by molar-refractivity contribution is 0.0303. The number of ether oxygens (including phenoxy) is 4. The summed E-state index contributed by atoms with van der Waals surface area (Å²) in [6.45, 7) is 8.63. The van der Waals surface area contributed by atoms with Gasteiger partial charge in [-0.1, -0.05) is 24.3 Å². The van der Waals surface area contributed by atoms with Gasteiger partial charge in [0.2, 0.25) is 11.9 Å². The molecule has 14 nitrogen and oxygen atoms in total. The van der Waals surface area contributed by atoms with Crippen LogP contribution >= 0.6 is 12.2 Å². The van der Waals surface area contributed by atoms with Crippen LogP contribution in [-0.4, -0.2) is 109 Å². The fourth-order valence-corrected chi connectivity index (χ4v) is 7.65. The Bertz CT molecular complexity index is 2180. The van der Waals surface area contributed by atoms with E-state index in [1.807, 2.05) is 71.6 Å². The Kier molecular flexibility index (Phi) is 11.9. The number of hydrogen-bond donors (Lipinski definition) is 1. The topological polar surface area (TPSA) is 131 Å². The number of carbonyl (C=O) groups excluding carboxylic acids is 1. The largest absolute Gasteiger partial charge is 0.497 e. The average molecular weight is 802 g/mol. The maximum Gasteiger partial charge on any atom is 0.254 e. The van der Waals surface area contributed by atoms with Crippen molar-refractivity contribution in [2.24, 2.45) is 0 Å². The van der Waals surface area contributed by atoms with E-state index in [4.69, 9.17) is 51.1 Å². The first kappa shape index (κ1) is 38.9. The minimum absolute atomic E-state index is 0.00747. The summed E-state index contributed by atoms with van der Waals surface area (Å²) < 4.78 is 21.9. The predicted molar refractivity (Wildman–Crippen MR) is 227 cm³/mol. The number of thiocarbonyl (C=S) groups is 1. The van der Waals surface area contributed by atoms with E-state index in [1.54, 1.807) is 14.2 Å². The van der Waals surface area contributed by atoms with Crippen molar-refractivity contribution in [3.05, 3.63) is 107 Å². The molecule has 15 heteroatoms. The molecule has 3 aromatic carbocycles. The zero-order chi connectivity index (χ0) is 40.0. The number of morpholine rings is 2. The highest BCUT2D eigenvalue weighted by Gasteiger charge is 2.31. The van der Waals surface area contributed by atoms with Crippen molar-refractivity contribution < 1.29 is 23.7 Å². The Morgan fingerprint density at radius 1 is 0.810 bits per heavy atom. The van der Waals surface area contributed by atoms with Crippen molar-refractivity contribution in [3.63, 3.8) is 0 Å². The van der Waals surface area contributed by atoms with Gasteiger partial charge < -0.3 is 43.9 Å². The molecule has 5 heterocycles. The Morgan fingerprint density at radius 3 is 2.00 bits per heavy atom. The number of carbonyl (C=O) groups is 1. The first-order valence-electron chi connectivity index (χ1n) is 19.5. The molecule has 0 radical (unpaired) electrons. The van der Waals surface area contributed by atoms with Gasteiger partial charge in [0.05, 0.1) is 46.3 Å². The van der Waals surface area contributed by atoms with E-state index in [9.17, 15) is 4.79 Å². The highest BCUT2D eigenvalue weighted by Crippen LogP contribution is 2.36. The highest BCUT2D eigenvalue weighted by molar-refractivity contribution is 7.80. The van der Waals surface area contributed by atoms with E-state index in [2.05, 4.69) is 39.4 Å². The van der Waals surface area contributed by atoms with Crippen molar-refractivity contribution >= 4 is 46.6 Å². The first-order chi connectivity index (χ1) is 28.4. The normalized spacial score (nSPS) is 15.2. The number of benzene rings is 3. The maximum absolute atomic E-state index is 13.2. The summed E-state index contributed by atoms with van der Waals surface area (Å²) in [5.41, 5.74) is 7.15. The second kappa shape index (κ2) is 17.7. The molecule has 2 saturated heterocycles. The molecule has 3 aliphatic rings. The van der Waals surface area contributed by atoms with Crippen LogP contribution in [0.4, 0.5) is 23.4 Å². The Labute approximate surface area is 343 Å². The van der Waals surface area contributed by atoms with Crippen molar-refractivity contribution in [1.29, 1.82) is 0 Å². The average Bonchev–Trinajstić information content (AvgIpc) is 3.72. The van der Waals surface area contributed by atoms with Crippen molar-refractivity contribution in [2.45, 2.75) is 26.4 Å². The third kappa shape index (κ3) is 8.66. The fraction of sp³-hybridized carbons (Fsp3) is 0.349. The molecule has 0 spiro atoms. The van der Waals surface area contributed by atoms with Gasteiger partial charge >= 0.3 is 0 Å². The lowest BCUT2D eigenvalue weighted by atomic mass is 10.1. The zero-order valence-corrected chi connectivity index (χ0v) is 33.8. The van der Waals surface area contributed by atoms with E-state index in [0.29, 0.717) is 101 Å². The number of aryl methyl sites for hydroxylation is 1. The first-order valence-corrected chi connectivity index (χ1v) is 19.9. The molecule has 0 bridgehead atoms. The van der Waals surface area contributed by atoms with Gasteiger partial charge in [0.25, 0.3) is 5.91 Å². The van der Waals surface area contributed by atoms with Crippen LogP contribution < -0.4 is 29.5 Å².